The standard InChI is InChI=1S/C27H31N3/c1-18(2)22-16-11-17-23(19(3)4)25(22)30(26(28)21-13-7-6-8-14-21)27(29)24-15-10-9-12-20(24)5/h6-19,28-29H,1-5H3. The Bertz CT molecular complexity index is 1020. The minimum atomic E-state index is 0.273. The molecule has 0 aromatic heterocycles. The van der Waals surface area contributed by atoms with Gasteiger partial charge in [0, 0.05) is 11.1 Å². The van der Waals surface area contributed by atoms with Gasteiger partial charge in [-0.3, -0.25) is 15.7 Å². The predicted octanol–water partition coefficient (Wildman–Crippen LogP) is 7.10. The van der Waals surface area contributed by atoms with Crippen molar-refractivity contribution in [3.63, 3.8) is 0 Å². The Morgan fingerprint density at radius 2 is 1.20 bits per heavy atom. The van der Waals surface area contributed by atoms with Gasteiger partial charge in [0.25, 0.3) is 0 Å². The number of nitrogens with zero attached hydrogens (tertiary/aromatic N) is 1. The first kappa shape index (κ1) is 21.5. The molecule has 0 spiro atoms. The molecule has 0 radical (unpaired) electrons. The number of rotatable bonds is 5. The molecule has 3 nitrogen and oxygen atoms in total. The maximum absolute atomic E-state index is 9.21. The Kier molecular flexibility index (Phi) is 6.51. The fourth-order valence-electron chi connectivity index (χ4n) is 3.79. The van der Waals surface area contributed by atoms with E-state index in [-0.39, 0.29) is 11.8 Å². The Hall–Kier alpha value is -3.20. The molecule has 3 aromatic carbocycles. The molecule has 0 aliphatic carbocycles. The maximum Gasteiger partial charge on any atom is 0.138 e. The minimum absolute atomic E-state index is 0.273. The Labute approximate surface area is 180 Å². The topological polar surface area (TPSA) is 50.9 Å². The molecule has 3 heteroatoms. The van der Waals surface area contributed by atoms with Gasteiger partial charge in [-0.25, -0.2) is 0 Å². The Morgan fingerprint density at radius 1 is 0.667 bits per heavy atom. The zero-order valence-corrected chi connectivity index (χ0v) is 18.5. The van der Waals surface area contributed by atoms with Gasteiger partial charge in [-0.05, 0) is 35.4 Å². The van der Waals surface area contributed by atoms with Crippen LogP contribution in [0.15, 0.2) is 72.8 Å². The smallest absolute Gasteiger partial charge is 0.138 e. The zero-order valence-electron chi connectivity index (χ0n) is 18.5. The monoisotopic (exact) mass is 397 g/mol. The lowest BCUT2D eigenvalue weighted by molar-refractivity contribution is 0.833. The van der Waals surface area contributed by atoms with E-state index >= 15 is 0 Å². The number of hydrogen-bond acceptors (Lipinski definition) is 2. The van der Waals surface area contributed by atoms with Crippen molar-refractivity contribution in [2.75, 3.05) is 4.90 Å². The Balaban J connectivity index is 2.30. The third kappa shape index (κ3) is 4.20. The number of amidine groups is 2. The lowest BCUT2D eigenvalue weighted by atomic mass is 9.91. The number of nitrogens with one attached hydrogen (secondary N) is 2. The van der Waals surface area contributed by atoms with E-state index in [0.29, 0.717) is 11.7 Å². The number of para-hydroxylation sites is 1. The summed E-state index contributed by atoms with van der Waals surface area (Å²) in [5.74, 6) is 1.19. The second-order valence-electron chi connectivity index (χ2n) is 8.31. The molecule has 2 N–H and O–H groups in total. The van der Waals surface area contributed by atoms with Crippen LogP contribution < -0.4 is 4.90 Å². The fraction of sp³-hybridized carbons (Fsp3) is 0.259. The molecule has 154 valence electrons. The van der Waals surface area contributed by atoms with E-state index in [1.165, 1.54) is 0 Å². The normalized spacial score (nSPS) is 11.0. The molecule has 0 aliphatic rings. The van der Waals surface area contributed by atoms with Crippen LogP contribution in [0.25, 0.3) is 0 Å². The molecule has 0 fully saturated rings. The lowest BCUT2D eigenvalue weighted by Crippen LogP contribution is -2.39. The third-order valence-electron chi connectivity index (χ3n) is 5.46. The highest BCUT2D eigenvalue weighted by atomic mass is 15.2. The van der Waals surface area contributed by atoms with E-state index in [1.807, 2.05) is 66.4 Å². The van der Waals surface area contributed by atoms with Crippen LogP contribution in [0.2, 0.25) is 0 Å². The van der Waals surface area contributed by atoms with Gasteiger partial charge in [0.05, 0.1) is 5.69 Å². The molecule has 30 heavy (non-hydrogen) atoms. The third-order valence-corrected chi connectivity index (χ3v) is 5.46. The van der Waals surface area contributed by atoms with Gasteiger partial charge in [-0.1, -0.05) is 100 Å². The molecule has 0 heterocycles. The molecule has 0 aliphatic heterocycles. The van der Waals surface area contributed by atoms with Gasteiger partial charge in [0.2, 0.25) is 0 Å². The van der Waals surface area contributed by atoms with Crippen molar-refractivity contribution in [3.8, 4) is 0 Å². The summed E-state index contributed by atoms with van der Waals surface area (Å²) in [6.07, 6.45) is 0. The van der Waals surface area contributed by atoms with Crippen LogP contribution in [-0.4, -0.2) is 11.7 Å². The highest BCUT2D eigenvalue weighted by Crippen LogP contribution is 2.37. The number of hydrogen-bond donors (Lipinski definition) is 2. The Morgan fingerprint density at radius 3 is 1.73 bits per heavy atom. The van der Waals surface area contributed by atoms with Crippen LogP contribution in [0.4, 0.5) is 5.69 Å². The molecule has 3 aromatic rings. The SMILES string of the molecule is Cc1ccccc1C(=N)N(C(=N)c1ccccc1)c1c(C(C)C)cccc1C(C)C. The zero-order chi connectivity index (χ0) is 21.8. The van der Waals surface area contributed by atoms with Crippen molar-refractivity contribution in [1.29, 1.82) is 10.8 Å². The van der Waals surface area contributed by atoms with Crippen LogP contribution in [0.1, 0.15) is 67.3 Å². The van der Waals surface area contributed by atoms with E-state index in [1.54, 1.807) is 0 Å². The fourth-order valence-corrected chi connectivity index (χ4v) is 3.79. The first-order valence-corrected chi connectivity index (χ1v) is 10.5. The van der Waals surface area contributed by atoms with E-state index in [2.05, 4.69) is 45.9 Å². The highest BCUT2D eigenvalue weighted by Gasteiger charge is 2.27. The second kappa shape index (κ2) is 9.08. The molecule has 0 bridgehead atoms. The van der Waals surface area contributed by atoms with Gasteiger partial charge in [-0.15, -0.1) is 0 Å². The summed E-state index contributed by atoms with van der Waals surface area (Å²) in [6.45, 7) is 10.7. The number of aryl methyl sites for hydroxylation is 1. The van der Waals surface area contributed by atoms with Crippen LogP contribution in [0.3, 0.4) is 0 Å². The molecular weight excluding hydrogens is 366 g/mol. The first-order chi connectivity index (χ1) is 14.3. The average molecular weight is 398 g/mol. The largest absolute Gasteiger partial charge is 0.284 e. The average Bonchev–Trinajstić information content (AvgIpc) is 2.74. The summed E-state index contributed by atoms with van der Waals surface area (Å²) in [5, 5.41) is 18.3. The quantitative estimate of drug-likeness (QED) is 0.350. The van der Waals surface area contributed by atoms with Crippen molar-refractivity contribution in [1.82, 2.24) is 0 Å². The van der Waals surface area contributed by atoms with Gasteiger partial charge >= 0.3 is 0 Å². The summed E-state index contributed by atoms with van der Waals surface area (Å²) in [4.78, 5) is 1.84. The summed E-state index contributed by atoms with van der Waals surface area (Å²) in [7, 11) is 0. The van der Waals surface area contributed by atoms with Gasteiger partial charge in [-0.2, -0.15) is 0 Å². The van der Waals surface area contributed by atoms with Crippen LogP contribution in [-0.2, 0) is 0 Å². The van der Waals surface area contributed by atoms with E-state index in [0.717, 1.165) is 33.5 Å². The molecule has 0 amide bonds. The summed E-state index contributed by atoms with van der Waals surface area (Å²) >= 11 is 0. The van der Waals surface area contributed by atoms with Gasteiger partial charge in [0.15, 0.2) is 0 Å². The first-order valence-electron chi connectivity index (χ1n) is 10.5. The van der Waals surface area contributed by atoms with Gasteiger partial charge in [0.1, 0.15) is 11.7 Å². The number of anilines is 1. The molecule has 0 unspecified atom stereocenters. The van der Waals surface area contributed by atoms with Crippen molar-refractivity contribution in [2.24, 2.45) is 0 Å². The lowest BCUT2D eigenvalue weighted by Gasteiger charge is -2.32. The van der Waals surface area contributed by atoms with Crippen molar-refractivity contribution >= 4 is 17.4 Å². The molecule has 0 saturated carbocycles. The van der Waals surface area contributed by atoms with Crippen molar-refractivity contribution < 1.29 is 0 Å². The summed E-state index contributed by atoms with van der Waals surface area (Å²) in [6, 6.07) is 24.0. The van der Waals surface area contributed by atoms with Gasteiger partial charge < -0.3 is 0 Å². The number of benzene rings is 3. The van der Waals surface area contributed by atoms with E-state index < -0.39 is 0 Å². The van der Waals surface area contributed by atoms with Crippen LogP contribution >= 0.6 is 0 Å². The minimum Gasteiger partial charge on any atom is -0.284 e. The second-order valence-corrected chi connectivity index (χ2v) is 8.31. The molecular formula is C27H31N3. The highest BCUT2D eigenvalue weighted by molar-refractivity contribution is 6.28. The van der Waals surface area contributed by atoms with Crippen LogP contribution in [0.5, 0.6) is 0 Å². The molecule has 0 saturated heterocycles. The summed E-state index contributed by atoms with van der Waals surface area (Å²) < 4.78 is 0. The van der Waals surface area contributed by atoms with Crippen molar-refractivity contribution in [2.45, 2.75) is 46.5 Å². The van der Waals surface area contributed by atoms with Crippen LogP contribution in [0, 0.1) is 17.7 Å². The predicted molar refractivity (Wildman–Crippen MR) is 128 cm³/mol. The molecule has 3 rings (SSSR count). The maximum atomic E-state index is 9.21. The molecule has 0 atom stereocenters. The van der Waals surface area contributed by atoms with E-state index in [4.69, 9.17) is 5.41 Å². The van der Waals surface area contributed by atoms with Crippen molar-refractivity contribution in [3.05, 3.63) is 101 Å². The summed E-state index contributed by atoms with van der Waals surface area (Å²) in [5.41, 5.74) is 5.93. The van der Waals surface area contributed by atoms with E-state index in [9.17, 15) is 5.41 Å².